The van der Waals surface area contributed by atoms with E-state index in [1.165, 1.54) is 16.7 Å². The van der Waals surface area contributed by atoms with Crippen molar-refractivity contribution in [1.29, 1.82) is 0 Å². The monoisotopic (exact) mass is 337 g/mol. The molecule has 0 aromatic heterocycles. The Morgan fingerprint density at radius 3 is 2.24 bits per heavy atom. The fraction of sp³-hybridized carbons (Fsp3) is 0.478. The number of nitrogens with zero attached hydrogens (tertiary/aromatic N) is 1. The number of aryl methyl sites for hydroxylation is 1. The molecule has 2 heteroatoms. The molecule has 0 unspecified atom stereocenters. The minimum Gasteiger partial charge on any atom is -0.385 e. The van der Waals surface area contributed by atoms with Gasteiger partial charge in [0, 0.05) is 19.6 Å². The average molecular weight is 338 g/mol. The number of benzene rings is 2. The number of rotatable bonds is 3. The zero-order valence-electron chi connectivity index (χ0n) is 16.0. The van der Waals surface area contributed by atoms with Crippen molar-refractivity contribution >= 4 is 0 Å². The number of piperidine rings is 1. The first-order chi connectivity index (χ1) is 11.8. The smallest absolute Gasteiger partial charge is 0.0923 e. The van der Waals surface area contributed by atoms with E-state index in [4.69, 9.17) is 0 Å². The van der Waals surface area contributed by atoms with Gasteiger partial charge in [0.25, 0.3) is 0 Å². The van der Waals surface area contributed by atoms with E-state index in [-0.39, 0.29) is 5.41 Å². The highest BCUT2D eigenvalue weighted by molar-refractivity contribution is 5.38. The molecule has 1 aliphatic rings. The van der Waals surface area contributed by atoms with Crippen LogP contribution in [0.1, 0.15) is 55.9 Å². The largest absolute Gasteiger partial charge is 0.385 e. The molecule has 0 atom stereocenters. The minimum atomic E-state index is -0.696. The van der Waals surface area contributed by atoms with E-state index in [0.717, 1.165) is 38.0 Å². The summed E-state index contributed by atoms with van der Waals surface area (Å²) in [6, 6.07) is 17.2. The molecule has 0 bridgehead atoms. The Morgan fingerprint density at radius 1 is 1.00 bits per heavy atom. The van der Waals surface area contributed by atoms with Crippen LogP contribution in [0.2, 0.25) is 0 Å². The highest BCUT2D eigenvalue weighted by atomic mass is 16.3. The van der Waals surface area contributed by atoms with E-state index in [2.05, 4.69) is 81.1 Å². The van der Waals surface area contributed by atoms with Gasteiger partial charge in [-0.15, -0.1) is 0 Å². The second-order valence-corrected chi connectivity index (χ2v) is 8.57. The van der Waals surface area contributed by atoms with Crippen LogP contribution in [-0.2, 0) is 17.6 Å². The van der Waals surface area contributed by atoms with Gasteiger partial charge in [-0.25, -0.2) is 0 Å². The summed E-state index contributed by atoms with van der Waals surface area (Å²) in [6.45, 7) is 11.7. The van der Waals surface area contributed by atoms with Crippen LogP contribution in [0.4, 0.5) is 0 Å². The second-order valence-electron chi connectivity index (χ2n) is 8.57. The first-order valence-corrected chi connectivity index (χ1v) is 9.38. The maximum Gasteiger partial charge on any atom is 0.0923 e. The van der Waals surface area contributed by atoms with Gasteiger partial charge in [0.15, 0.2) is 0 Å². The lowest BCUT2D eigenvalue weighted by atomic mass is 9.78. The highest BCUT2D eigenvalue weighted by Gasteiger charge is 2.35. The summed E-state index contributed by atoms with van der Waals surface area (Å²) >= 11 is 0. The van der Waals surface area contributed by atoms with Crippen LogP contribution in [0.15, 0.2) is 48.5 Å². The van der Waals surface area contributed by atoms with Gasteiger partial charge in [-0.1, -0.05) is 69.3 Å². The van der Waals surface area contributed by atoms with Crippen molar-refractivity contribution in [3.8, 4) is 0 Å². The quantitative estimate of drug-likeness (QED) is 0.871. The number of aliphatic hydroxyl groups is 1. The van der Waals surface area contributed by atoms with Crippen molar-refractivity contribution in [1.82, 2.24) is 4.90 Å². The summed E-state index contributed by atoms with van der Waals surface area (Å²) in [5, 5.41) is 11.4. The molecule has 1 heterocycles. The van der Waals surface area contributed by atoms with Crippen molar-refractivity contribution in [2.45, 2.75) is 58.1 Å². The molecule has 0 saturated carbocycles. The first kappa shape index (κ1) is 18.2. The Bertz CT molecular complexity index is 707. The van der Waals surface area contributed by atoms with Crippen molar-refractivity contribution in [2.75, 3.05) is 13.1 Å². The first-order valence-electron chi connectivity index (χ1n) is 9.38. The number of hydrogen-bond donors (Lipinski definition) is 1. The molecule has 0 spiro atoms. The van der Waals surface area contributed by atoms with Gasteiger partial charge in [0.1, 0.15) is 0 Å². The molecule has 0 radical (unpaired) electrons. The van der Waals surface area contributed by atoms with Crippen LogP contribution in [0.25, 0.3) is 0 Å². The summed E-state index contributed by atoms with van der Waals surface area (Å²) in [6.07, 6.45) is 1.60. The van der Waals surface area contributed by atoms with Crippen molar-refractivity contribution < 1.29 is 5.11 Å². The summed E-state index contributed by atoms with van der Waals surface area (Å²) in [7, 11) is 0. The fourth-order valence-electron chi connectivity index (χ4n) is 3.78. The lowest BCUT2D eigenvalue weighted by Gasteiger charge is -2.40. The van der Waals surface area contributed by atoms with Crippen LogP contribution in [0, 0.1) is 6.92 Å². The zero-order chi connectivity index (χ0) is 18.1. The molecule has 3 rings (SSSR count). The predicted molar refractivity (Wildman–Crippen MR) is 105 cm³/mol. The lowest BCUT2D eigenvalue weighted by Crippen LogP contribution is -2.42. The third kappa shape index (κ3) is 4.13. The van der Waals surface area contributed by atoms with Gasteiger partial charge >= 0.3 is 0 Å². The van der Waals surface area contributed by atoms with E-state index in [1.807, 2.05) is 0 Å². The lowest BCUT2D eigenvalue weighted by molar-refractivity contribution is -0.0282. The molecular formula is C23H31NO. The third-order valence-electron chi connectivity index (χ3n) is 5.54. The SMILES string of the molecule is Cc1ccc(C(C)(C)C)cc1C1(O)CCN(Cc2ccccc2)CC1. The summed E-state index contributed by atoms with van der Waals surface area (Å²) in [5.74, 6) is 0. The van der Waals surface area contributed by atoms with E-state index < -0.39 is 5.60 Å². The molecule has 1 fully saturated rings. The second kappa shape index (κ2) is 6.93. The Balaban J connectivity index is 1.74. The molecule has 25 heavy (non-hydrogen) atoms. The maximum atomic E-state index is 11.4. The van der Waals surface area contributed by atoms with E-state index >= 15 is 0 Å². The molecule has 2 aromatic rings. The van der Waals surface area contributed by atoms with Gasteiger partial charge < -0.3 is 5.11 Å². The van der Waals surface area contributed by atoms with Gasteiger partial charge in [-0.3, -0.25) is 4.90 Å². The maximum absolute atomic E-state index is 11.4. The van der Waals surface area contributed by atoms with Gasteiger partial charge in [0.05, 0.1) is 5.60 Å². The van der Waals surface area contributed by atoms with E-state index in [9.17, 15) is 5.11 Å². The van der Waals surface area contributed by atoms with Crippen LogP contribution >= 0.6 is 0 Å². The highest BCUT2D eigenvalue weighted by Crippen LogP contribution is 2.37. The molecule has 1 N–H and O–H groups in total. The van der Waals surface area contributed by atoms with Gasteiger partial charge in [-0.05, 0) is 47.4 Å². The van der Waals surface area contributed by atoms with Gasteiger partial charge in [-0.2, -0.15) is 0 Å². The minimum absolute atomic E-state index is 0.104. The Labute approximate surface area is 152 Å². The topological polar surface area (TPSA) is 23.5 Å². The molecule has 0 amide bonds. The fourth-order valence-corrected chi connectivity index (χ4v) is 3.78. The van der Waals surface area contributed by atoms with Crippen LogP contribution in [0.3, 0.4) is 0 Å². The standard InChI is InChI=1S/C23H31NO/c1-18-10-11-20(22(2,3)4)16-21(18)23(25)12-14-24(15-13-23)17-19-8-6-5-7-9-19/h5-11,16,25H,12-15,17H2,1-4H3. The van der Waals surface area contributed by atoms with Crippen molar-refractivity contribution in [3.05, 3.63) is 70.8 Å². The van der Waals surface area contributed by atoms with Crippen molar-refractivity contribution in [3.63, 3.8) is 0 Å². The van der Waals surface area contributed by atoms with Crippen LogP contribution < -0.4 is 0 Å². The summed E-state index contributed by atoms with van der Waals surface area (Å²) in [5.41, 5.74) is 4.38. The number of hydrogen-bond acceptors (Lipinski definition) is 2. The summed E-state index contributed by atoms with van der Waals surface area (Å²) < 4.78 is 0. The van der Waals surface area contributed by atoms with Crippen LogP contribution in [0.5, 0.6) is 0 Å². The van der Waals surface area contributed by atoms with E-state index in [1.54, 1.807) is 0 Å². The zero-order valence-corrected chi connectivity index (χ0v) is 16.0. The molecule has 1 saturated heterocycles. The van der Waals surface area contributed by atoms with Crippen LogP contribution in [-0.4, -0.2) is 23.1 Å². The molecule has 2 nitrogen and oxygen atoms in total. The molecule has 0 aliphatic carbocycles. The van der Waals surface area contributed by atoms with E-state index in [0.29, 0.717) is 0 Å². The Morgan fingerprint density at radius 2 is 1.64 bits per heavy atom. The molecule has 1 aliphatic heterocycles. The Hall–Kier alpha value is -1.64. The third-order valence-corrected chi connectivity index (χ3v) is 5.54. The molecular weight excluding hydrogens is 306 g/mol. The summed E-state index contributed by atoms with van der Waals surface area (Å²) in [4.78, 5) is 2.45. The van der Waals surface area contributed by atoms with Gasteiger partial charge in [0.2, 0.25) is 0 Å². The Kier molecular flexibility index (Phi) is 5.04. The predicted octanol–water partition coefficient (Wildman–Crippen LogP) is 4.78. The molecule has 2 aromatic carbocycles. The normalized spacial score (nSPS) is 18.3. The van der Waals surface area contributed by atoms with Crippen molar-refractivity contribution in [2.24, 2.45) is 0 Å². The molecule has 134 valence electrons. The average Bonchev–Trinajstić information content (AvgIpc) is 2.57. The number of likely N-dealkylation sites (tertiary alicyclic amines) is 1.